The van der Waals surface area contributed by atoms with E-state index in [2.05, 4.69) is 10.2 Å². The Morgan fingerprint density at radius 2 is 2.11 bits per heavy atom. The lowest BCUT2D eigenvalue weighted by molar-refractivity contribution is 0.630. The van der Waals surface area contributed by atoms with Crippen molar-refractivity contribution in [1.82, 2.24) is 14.6 Å². The molecule has 0 aliphatic rings. The lowest BCUT2D eigenvalue weighted by atomic mass is 10.2. The maximum Gasteiger partial charge on any atom is 0.172 e. The molecule has 0 bridgehead atoms. The van der Waals surface area contributed by atoms with E-state index in [1.807, 2.05) is 6.07 Å². The summed E-state index contributed by atoms with van der Waals surface area (Å²) in [6.07, 6.45) is 1.62. The van der Waals surface area contributed by atoms with E-state index in [0.717, 1.165) is 0 Å². The predicted octanol–water partition coefficient (Wildman–Crippen LogP) is 3.06. The Bertz CT molecular complexity index is 799. The molecule has 0 N–H and O–H groups in total. The quantitative estimate of drug-likeness (QED) is 0.684. The van der Waals surface area contributed by atoms with Gasteiger partial charge in [-0.2, -0.15) is 5.26 Å². The fraction of sp³-hybridized carbons (Fsp3) is 0. The van der Waals surface area contributed by atoms with E-state index < -0.39 is 5.82 Å². The number of hydrogen-bond donors (Lipinski definition) is 0. The highest BCUT2D eigenvalue weighted by Crippen LogP contribution is 2.29. The summed E-state index contributed by atoms with van der Waals surface area (Å²) in [7, 11) is 0. The molecule has 0 radical (unpaired) electrons. The van der Waals surface area contributed by atoms with Crippen LogP contribution >= 0.6 is 11.6 Å². The van der Waals surface area contributed by atoms with Crippen LogP contribution < -0.4 is 0 Å². The van der Waals surface area contributed by atoms with Gasteiger partial charge in [0.1, 0.15) is 5.82 Å². The molecule has 0 aliphatic heterocycles. The van der Waals surface area contributed by atoms with Crippen molar-refractivity contribution in [2.75, 3.05) is 0 Å². The van der Waals surface area contributed by atoms with Crippen LogP contribution in [0.4, 0.5) is 4.39 Å². The zero-order valence-electron chi connectivity index (χ0n) is 9.51. The molecule has 2 aromatic heterocycles. The van der Waals surface area contributed by atoms with Crippen LogP contribution in [0.5, 0.6) is 0 Å². The number of nitriles is 1. The summed E-state index contributed by atoms with van der Waals surface area (Å²) in [5, 5.41) is 16.9. The number of halogens is 2. The minimum atomic E-state index is -0.467. The summed E-state index contributed by atoms with van der Waals surface area (Å²) in [6.45, 7) is 0. The van der Waals surface area contributed by atoms with Crippen molar-refractivity contribution in [3.8, 4) is 17.5 Å². The smallest absolute Gasteiger partial charge is 0.172 e. The Morgan fingerprint density at radius 1 is 1.26 bits per heavy atom. The number of fused-ring (bicyclic) bond motifs is 1. The predicted molar refractivity (Wildman–Crippen MR) is 68.1 cm³/mol. The van der Waals surface area contributed by atoms with Crippen molar-refractivity contribution < 1.29 is 4.39 Å². The van der Waals surface area contributed by atoms with Crippen molar-refractivity contribution in [3.63, 3.8) is 0 Å². The maximum atomic E-state index is 13.9. The molecule has 19 heavy (non-hydrogen) atoms. The highest BCUT2D eigenvalue weighted by molar-refractivity contribution is 6.33. The number of hydrogen-bond acceptors (Lipinski definition) is 3. The molecule has 0 atom stereocenters. The van der Waals surface area contributed by atoms with Gasteiger partial charge in [0.15, 0.2) is 11.5 Å². The fourth-order valence-corrected chi connectivity index (χ4v) is 2.09. The minimum Gasteiger partial charge on any atom is -0.282 e. The van der Waals surface area contributed by atoms with Crippen LogP contribution in [0, 0.1) is 17.1 Å². The Labute approximate surface area is 112 Å². The molecule has 6 heteroatoms. The Hall–Kier alpha value is -2.45. The van der Waals surface area contributed by atoms with E-state index in [1.54, 1.807) is 28.8 Å². The summed E-state index contributed by atoms with van der Waals surface area (Å²) in [5.74, 6) is -0.159. The lowest BCUT2D eigenvalue weighted by Crippen LogP contribution is -1.93. The van der Waals surface area contributed by atoms with Crippen molar-refractivity contribution >= 4 is 17.2 Å². The van der Waals surface area contributed by atoms with Crippen LogP contribution in [0.3, 0.4) is 0 Å². The zero-order valence-corrected chi connectivity index (χ0v) is 10.3. The second-order valence-electron chi connectivity index (χ2n) is 3.88. The number of pyridine rings is 1. The van der Waals surface area contributed by atoms with Gasteiger partial charge >= 0.3 is 0 Å². The SMILES string of the molecule is N#Cc1ccn2c(-c3c(F)cccc3Cl)nnc2c1. The van der Waals surface area contributed by atoms with Gasteiger partial charge in [0.25, 0.3) is 0 Å². The number of aromatic nitrogens is 3. The summed E-state index contributed by atoms with van der Waals surface area (Å²) >= 11 is 6.01. The van der Waals surface area contributed by atoms with Crippen LogP contribution in [0.15, 0.2) is 36.5 Å². The number of rotatable bonds is 1. The molecule has 0 spiro atoms. The molecular weight excluding hydrogens is 267 g/mol. The topological polar surface area (TPSA) is 54.0 Å². The molecule has 0 saturated carbocycles. The highest BCUT2D eigenvalue weighted by Gasteiger charge is 2.16. The second kappa shape index (κ2) is 4.34. The first-order valence-electron chi connectivity index (χ1n) is 5.40. The maximum absolute atomic E-state index is 13.9. The van der Waals surface area contributed by atoms with Crippen LogP contribution in [0.1, 0.15) is 5.56 Å². The average Bonchev–Trinajstić information content (AvgIpc) is 2.81. The van der Waals surface area contributed by atoms with Gasteiger partial charge in [-0.25, -0.2) is 4.39 Å². The molecular formula is C13H6ClFN4. The molecule has 4 nitrogen and oxygen atoms in total. The van der Waals surface area contributed by atoms with Gasteiger partial charge in [0.2, 0.25) is 0 Å². The summed E-state index contributed by atoms with van der Waals surface area (Å²) in [4.78, 5) is 0. The normalized spacial score (nSPS) is 10.6. The molecule has 1 aromatic carbocycles. The van der Waals surface area contributed by atoms with Crippen LogP contribution in [-0.4, -0.2) is 14.6 Å². The zero-order chi connectivity index (χ0) is 13.4. The van der Waals surface area contributed by atoms with Crippen LogP contribution in [0.2, 0.25) is 5.02 Å². The number of benzene rings is 1. The average molecular weight is 273 g/mol. The molecule has 0 amide bonds. The third kappa shape index (κ3) is 1.83. The summed E-state index contributed by atoms with van der Waals surface area (Å²) in [5.41, 5.74) is 1.13. The lowest BCUT2D eigenvalue weighted by Gasteiger charge is -2.03. The van der Waals surface area contributed by atoms with Gasteiger partial charge in [0, 0.05) is 12.3 Å². The molecule has 92 valence electrons. The molecule has 2 heterocycles. The Balaban J connectivity index is 2.30. The van der Waals surface area contributed by atoms with E-state index in [0.29, 0.717) is 17.0 Å². The van der Waals surface area contributed by atoms with Gasteiger partial charge in [-0.15, -0.1) is 10.2 Å². The van der Waals surface area contributed by atoms with E-state index in [1.165, 1.54) is 12.1 Å². The van der Waals surface area contributed by atoms with Gasteiger partial charge in [0.05, 0.1) is 22.2 Å². The molecule has 3 rings (SSSR count). The summed E-state index contributed by atoms with van der Waals surface area (Å²) in [6, 6.07) is 9.62. The number of nitrogens with zero attached hydrogens (tertiary/aromatic N) is 4. The molecule has 0 fully saturated rings. The first-order chi connectivity index (χ1) is 9.20. The summed E-state index contributed by atoms with van der Waals surface area (Å²) < 4.78 is 15.5. The molecule has 0 saturated heterocycles. The monoisotopic (exact) mass is 272 g/mol. The third-order valence-electron chi connectivity index (χ3n) is 2.73. The van der Waals surface area contributed by atoms with E-state index >= 15 is 0 Å². The molecule has 0 aliphatic carbocycles. The van der Waals surface area contributed by atoms with Crippen molar-refractivity contribution in [3.05, 3.63) is 52.9 Å². The largest absolute Gasteiger partial charge is 0.282 e. The van der Waals surface area contributed by atoms with E-state index in [4.69, 9.17) is 16.9 Å². The van der Waals surface area contributed by atoms with Crippen molar-refractivity contribution in [1.29, 1.82) is 5.26 Å². The Morgan fingerprint density at radius 3 is 2.84 bits per heavy atom. The van der Waals surface area contributed by atoms with Gasteiger partial charge in [-0.1, -0.05) is 17.7 Å². The van der Waals surface area contributed by atoms with E-state index in [9.17, 15) is 4.39 Å². The Kier molecular flexibility index (Phi) is 2.65. The molecule has 3 aromatic rings. The van der Waals surface area contributed by atoms with Gasteiger partial charge in [-0.3, -0.25) is 4.40 Å². The second-order valence-corrected chi connectivity index (χ2v) is 4.28. The third-order valence-corrected chi connectivity index (χ3v) is 3.04. The first-order valence-corrected chi connectivity index (χ1v) is 5.78. The van der Waals surface area contributed by atoms with Crippen LogP contribution in [0.25, 0.3) is 17.0 Å². The fourth-order valence-electron chi connectivity index (χ4n) is 1.84. The van der Waals surface area contributed by atoms with Crippen LogP contribution in [-0.2, 0) is 0 Å². The minimum absolute atomic E-state index is 0.196. The van der Waals surface area contributed by atoms with E-state index in [-0.39, 0.29) is 10.6 Å². The van der Waals surface area contributed by atoms with Crippen molar-refractivity contribution in [2.24, 2.45) is 0 Å². The standard InChI is InChI=1S/C13H6ClFN4/c14-9-2-1-3-10(15)12(9)13-18-17-11-6-8(7-16)4-5-19(11)13/h1-6H. The van der Waals surface area contributed by atoms with Gasteiger partial charge in [-0.05, 0) is 18.2 Å². The van der Waals surface area contributed by atoms with Crippen molar-refractivity contribution in [2.45, 2.75) is 0 Å². The highest BCUT2D eigenvalue weighted by atomic mass is 35.5. The van der Waals surface area contributed by atoms with Gasteiger partial charge < -0.3 is 0 Å². The molecule has 0 unspecified atom stereocenters. The first kappa shape index (κ1) is 11.6.